The summed E-state index contributed by atoms with van der Waals surface area (Å²) < 4.78 is 5.13. The Labute approximate surface area is 113 Å². The van der Waals surface area contributed by atoms with Gasteiger partial charge in [0, 0.05) is 19.4 Å². The minimum absolute atomic E-state index is 0.193. The quantitative estimate of drug-likeness (QED) is 0.759. The number of cyclic esters (lactones) is 1. The molecule has 0 amide bonds. The van der Waals surface area contributed by atoms with Gasteiger partial charge < -0.3 is 4.74 Å². The predicted octanol–water partition coefficient (Wildman–Crippen LogP) is 2.11. The van der Waals surface area contributed by atoms with E-state index in [-0.39, 0.29) is 5.97 Å². The summed E-state index contributed by atoms with van der Waals surface area (Å²) in [5, 5.41) is 8.78. The summed E-state index contributed by atoms with van der Waals surface area (Å²) in [5.74, 6) is -0.193. The fourth-order valence-electron chi connectivity index (χ4n) is 2.58. The summed E-state index contributed by atoms with van der Waals surface area (Å²) in [6.07, 6.45) is 1.57. The molecule has 0 spiro atoms. The van der Waals surface area contributed by atoms with Gasteiger partial charge in [-0.3, -0.25) is 9.69 Å². The van der Waals surface area contributed by atoms with Gasteiger partial charge in [-0.25, -0.2) is 0 Å². The maximum Gasteiger partial charge on any atom is 0.326 e. The molecule has 0 bridgehead atoms. The van der Waals surface area contributed by atoms with Crippen LogP contribution < -0.4 is 0 Å². The molecule has 1 heterocycles. The predicted molar refractivity (Wildman–Crippen MR) is 71.1 cm³/mol. The fourth-order valence-corrected chi connectivity index (χ4v) is 2.58. The number of likely N-dealkylation sites (N-methyl/N-ethyl adjacent to an activating group) is 1. The van der Waals surface area contributed by atoms with Crippen LogP contribution in [0.2, 0.25) is 0 Å². The minimum Gasteiger partial charge on any atom is -0.464 e. The number of hydrogen-bond acceptors (Lipinski definition) is 4. The molecule has 1 fully saturated rings. The molecule has 1 aromatic carbocycles. The maximum absolute atomic E-state index is 12.1. The first kappa shape index (κ1) is 13.6. The molecule has 1 aliphatic rings. The third-order valence-corrected chi connectivity index (χ3v) is 3.77. The van der Waals surface area contributed by atoms with Gasteiger partial charge in [-0.1, -0.05) is 30.3 Å². The smallest absolute Gasteiger partial charge is 0.326 e. The van der Waals surface area contributed by atoms with Crippen LogP contribution in [0.4, 0.5) is 0 Å². The molecule has 100 valence electrons. The van der Waals surface area contributed by atoms with Crippen LogP contribution in [0.3, 0.4) is 0 Å². The van der Waals surface area contributed by atoms with Crippen molar-refractivity contribution in [2.45, 2.75) is 31.3 Å². The number of carbonyl (C=O) groups excluding carboxylic acids is 1. The van der Waals surface area contributed by atoms with Crippen LogP contribution in [-0.2, 0) is 16.1 Å². The molecule has 1 saturated heterocycles. The average molecular weight is 258 g/mol. The van der Waals surface area contributed by atoms with Crippen LogP contribution in [0.5, 0.6) is 0 Å². The second-order valence-corrected chi connectivity index (χ2v) is 4.92. The lowest BCUT2D eigenvalue weighted by molar-refractivity contribution is -0.148. The second-order valence-electron chi connectivity index (χ2n) is 4.92. The number of nitriles is 1. The van der Waals surface area contributed by atoms with Gasteiger partial charge in [0.05, 0.1) is 12.7 Å². The minimum atomic E-state index is -0.633. The van der Waals surface area contributed by atoms with E-state index in [1.807, 2.05) is 42.3 Å². The highest BCUT2D eigenvalue weighted by atomic mass is 16.5. The van der Waals surface area contributed by atoms with Crippen LogP contribution in [0.25, 0.3) is 0 Å². The van der Waals surface area contributed by atoms with Gasteiger partial charge in [-0.05, 0) is 19.0 Å². The molecule has 0 N–H and O–H groups in total. The van der Waals surface area contributed by atoms with Crippen LogP contribution in [0, 0.1) is 11.3 Å². The van der Waals surface area contributed by atoms with E-state index >= 15 is 0 Å². The van der Waals surface area contributed by atoms with E-state index in [0.717, 1.165) is 5.56 Å². The van der Waals surface area contributed by atoms with Crippen molar-refractivity contribution in [3.05, 3.63) is 35.9 Å². The van der Waals surface area contributed by atoms with E-state index in [1.54, 1.807) is 0 Å². The highest BCUT2D eigenvalue weighted by Crippen LogP contribution is 2.32. The Hall–Kier alpha value is -1.86. The molecular weight excluding hydrogens is 240 g/mol. The zero-order chi connectivity index (χ0) is 13.7. The van der Waals surface area contributed by atoms with Gasteiger partial charge in [-0.2, -0.15) is 5.26 Å². The molecule has 0 radical (unpaired) electrons. The molecule has 4 heteroatoms. The summed E-state index contributed by atoms with van der Waals surface area (Å²) in [4.78, 5) is 14.1. The molecule has 2 rings (SSSR count). The number of carbonyl (C=O) groups is 1. The largest absolute Gasteiger partial charge is 0.464 e. The van der Waals surface area contributed by atoms with Gasteiger partial charge >= 0.3 is 5.97 Å². The van der Waals surface area contributed by atoms with E-state index in [9.17, 15) is 4.79 Å². The topological polar surface area (TPSA) is 53.3 Å². The van der Waals surface area contributed by atoms with Crippen molar-refractivity contribution in [2.24, 2.45) is 0 Å². The molecule has 19 heavy (non-hydrogen) atoms. The van der Waals surface area contributed by atoms with Crippen LogP contribution in [0.1, 0.15) is 24.8 Å². The number of ether oxygens (including phenoxy) is 1. The monoisotopic (exact) mass is 258 g/mol. The third kappa shape index (κ3) is 2.77. The first-order valence-corrected chi connectivity index (χ1v) is 6.48. The normalized spacial score (nSPS) is 22.3. The number of nitrogens with zero attached hydrogens (tertiary/aromatic N) is 2. The number of hydrogen-bond donors (Lipinski definition) is 0. The van der Waals surface area contributed by atoms with Gasteiger partial charge in [0.15, 0.2) is 0 Å². The Morgan fingerprint density at radius 3 is 2.74 bits per heavy atom. The van der Waals surface area contributed by atoms with Gasteiger partial charge in [0.25, 0.3) is 0 Å². The van der Waals surface area contributed by atoms with Crippen molar-refractivity contribution in [1.82, 2.24) is 4.90 Å². The van der Waals surface area contributed by atoms with Crippen LogP contribution in [-0.4, -0.2) is 30.1 Å². The summed E-state index contributed by atoms with van der Waals surface area (Å²) >= 11 is 0. The van der Waals surface area contributed by atoms with Crippen LogP contribution >= 0.6 is 0 Å². The second kappa shape index (κ2) is 5.85. The lowest BCUT2D eigenvalue weighted by Gasteiger charge is -2.34. The van der Waals surface area contributed by atoms with Gasteiger partial charge in [0.1, 0.15) is 5.54 Å². The van der Waals surface area contributed by atoms with Gasteiger partial charge in [-0.15, -0.1) is 0 Å². The molecule has 1 atom stereocenters. The summed E-state index contributed by atoms with van der Waals surface area (Å²) in [6.45, 7) is 1.13. The first-order valence-electron chi connectivity index (χ1n) is 6.48. The molecule has 1 unspecified atom stereocenters. The van der Waals surface area contributed by atoms with Crippen molar-refractivity contribution in [3.63, 3.8) is 0 Å². The Kier molecular flexibility index (Phi) is 4.18. The highest BCUT2D eigenvalue weighted by Gasteiger charge is 2.47. The summed E-state index contributed by atoms with van der Waals surface area (Å²) in [7, 11) is 1.93. The number of rotatable bonds is 5. The number of esters is 1. The fraction of sp³-hybridized carbons (Fsp3) is 0.467. The molecule has 1 aromatic rings. The molecular formula is C15H18N2O2. The average Bonchev–Trinajstić information content (AvgIpc) is 2.80. The zero-order valence-corrected chi connectivity index (χ0v) is 11.1. The van der Waals surface area contributed by atoms with E-state index in [4.69, 9.17) is 10.00 Å². The zero-order valence-electron chi connectivity index (χ0n) is 11.1. The summed E-state index contributed by atoms with van der Waals surface area (Å²) in [6, 6.07) is 12.1. The summed E-state index contributed by atoms with van der Waals surface area (Å²) in [5.41, 5.74) is 0.520. The maximum atomic E-state index is 12.1. The Morgan fingerprint density at radius 1 is 1.42 bits per heavy atom. The molecule has 0 aromatic heterocycles. The van der Waals surface area contributed by atoms with Crippen molar-refractivity contribution >= 4 is 5.97 Å². The first-order chi connectivity index (χ1) is 9.19. The molecule has 0 aliphatic carbocycles. The van der Waals surface area contributed by atoms with E-state index in [1.165, 1.54) is 0 Å². The van der Waals surface area contributed by atoms with E-state index in [0.29, 0.717) is 32.4 Å². The standard InChI is InChI=1S/C15H18N2O2/c1-17(12-13-6-3-2-4-7-13)15(8-5-10-16)9-11-19-14(15)18/h2-4,6-7H,5,8-9,11-12H2,1H3. The molecule has 0 saturated carbocycles. The van der Waals surface area contributed by atoms with Crippen molar-refractivity contribution < 1.29 is 9.53 Å². The van der Waals surface area contributed by atoms with Crippen molar-refractivity contribution in [1.29, 1.82) is 5.26 Å². The van der Waals surface area contributed by atoms with Crippen LogP contribution in [0.15, 0.2) is 30.3 Å². The molecule has 4 nitrogen and oxygen atoms in total. The van der Waals surface area contributed by atoms with E-state index < -0.39 is 5.54 Å². The Morgan fingerprint density at radius 2 is 2.16 bits per heavy atom. The van der Waals surface area contributed by atoms with Gasteiger partial charge in [0.2, 0.25) is 0 Å². The van der Waals surface area contributed by atoms with E-state index in [2.05, 4.69) is 6.07 Å². The van der Waals surface area contributed by atoms with Crippen molar-refractivity contribution in [3.8, 4) is 6.07 Å². The number of benzene rings is 1. The lowest BCUT2D eigenvalue weighted by Crippen LogP contribution is -2.49. The SMILES string of the molecule is CN(Cc1ccccc1)C1(CCC#N)CCOC1=O. The molecule has 1 aliphatic heterocycles. The third-order valence-electron chi connectivity index (χ3n) is 3.77. The lowest BCUT2D eigenvalue weighted by atomic mass is 9.89. The Bertz CT molecular complexity index is 481. The van der Waals surface area contributed by atoms with Crippen molar-refractivity contribution in [2.75, 3.05) is 13.7 Å². The highest BCUT2D eigenvalue weighted by molar-refractivity contribution is 5.82. The Balaban J connectivity index is 2.15.